The molecular weight excluding hydrogens is 370 g/mol. The average Bonchev–Trinajstić information content (AvgIpc) is 3.20. The molecule has 2 fully saturated rings. The smallest absolute Gasteiger partial charge is 0.135 e. The highest BCUT2D eigenvalue weighted by Crippen LogP contribution is 2.86. The molecule has 0 amide bonds. The fourth-order valence-corrected chi connectivity index (χ4v) is 6.27. The maximum Gasteiger partial charge on any atom is 0.135 e. The SMILES string of the molecule is CC12CC13CC[C@]2(c1cc(C#N)ccn1)c1nnc(-c2c(F)cccc2F)cc13. The molecule has 2 saturated carbocycles. The van der Waals surface area contributed by atoms with Crippen molar-refractivity contribution in [1.82, 2.24) is 15.2 Å². The van der Waals surface area contributed by atoms with Gasteiger partial charge >= 0.3 is 0 Å². The first kappa shape index (κ1) is 16.7. The van der Waals surface area contributed by atoms with Crippen molar-refractivity contribution in [2.24, 2.45) is 5.41 Å². The topological polar surface area (TPSA) is 62.5 Å². The fourth-order valence-electron chi connectivity index (χ4n) is 6.27. The zero-order valence-corrected chi connectivity index (χ0v) is 15.7. The van der Waals surface area contributed by atoms with Crippen molar-refractivity contribution in [2.45, 2.75) is 37.0 Å². The van der Waals surface area contributed by atoms with Crippen LogP contribution in [0.25, 0.3) is 11.3 Å². The molecule has 0 spiro atoms. The molecule has 2 heterocycles. The van der Waals surface area contributed by atoms with Gasteiger partial charge in [0.25, 0.3) is 0 Å². The van der Waals surface area contributed by atoms with Gasteiger partial charge in [-0.2, -0.15) is 10.4 Å². The standard InChI is InChI=1S/C23H16F2N4/c1-21-12-22(21)6-7-23(21,18-9-13(11-26)5-8-27-18)20-14(22)10-17(28-29-20)19-15(24)3-2-4-16(19)25/h2-5,8-10H,6-7,12H2,1H3/t21?,22?,23-/m0/s1. The highest BCUT2D eigenvalue weighted by Gasteiger charge is 2.84. The Hall–Kier alpha value is -3.20. The van der Waals surface area contributed by atoms with Gasteiger partial charge in [-0.3, -0.25) is 4.98 Å². The molecule has 3 atom stereocenters. The number of fused-ring (bicyclic) bond motifs is 2. The van der Waals surface area contributed by atoms with E-state index in [0.717, 1.165) is 36.2 Å². The number of aromatic nitrogens is 3. The Morgan fingerprint density at radius 3 is 2.59 bits per heavy atom. The summed E-state index contributed by atoms with van der Waals surface area (Å²) in [5.41, 5.74) is 2.85. The van der Waals surface area contributed by atoms with E-state index in [0.29, 0.717) is 5.56 Å². The van der Waals surface area contributed by atoms with E-state index >= 15 is 0 Å². The molecule has 2 bridgehead atoms. The second-order valence-electron chi connectivity index (χ2n) is 8.63. The number of rotatable bonds is 2. The second-order valence-corrected chi connectivity index (χ2v) is 8.63. The van der Waals surface area contributed by atoms with Crippen molar-refractivity contribution >= 4 is 0 Å². The first-order valence-corrected chi connectivity index (χ1v) is 9.67. The Balaban J connectivity index is 1.59. The zero-order chi connectivity index (χ0) is 20.0. The first-order chi connectivity index (χ1) is 14.0. The van der Waals surface area contributed by atoms with Crippen molar-refractivity contribution in [3.63, 3.8) is 0 Å². The van der Waals surface area contributed by atoms with Gasteiger partial charge in [-0.05, 0) is 60.6 Å². The van der Waals surface area contributed by atoms with E-state index in [1.807, 2.05) is 12.1 Å². The summed E-state index contributed by atoms with van der Waals surface area (Å²) in [5, 5.41) is 18.1. The minimum absolute atomic E-state index is 0.0565. The minimum Gasteiger partial charge on any atom is -0.260 e. The number of pyridine rings is 1. The van der Waals surface area contributed by atoms with Crippen LogP contribution in [0.4, 0.5) is 8.78 Å². The van der Waals surface area contributed by atoms with Crippen molar-refractivity contribution in [3.8, 4) is 17.3 Å². The molecular formula is C23H16F2N4. The van der Waals surface area contributed by atoms with Gasteiger partial charge in [0, 0.05) is 11.6 Å². The molecule has 3 aliphatic carbocycles. The highest BCUT2D eigenvalue weighted by molar-refractivity contribution is 5.68. The lowest BCUT2D eigenvalue weighted by molar-refractivity contribution is 0.334. The van der Waals surface area contributed by atoms with Crippen molar-refractivity contribution in [3.05, 3.63) is 76.7 Å². The number of hydrogen-bond donors (Lipinski definition) is 0. The molecule has 6 heteroatoms. The molecule has 0 N–H and O–H groups in total. The van der Waals surface area contributed by atoms with Gasteiger partial charge in [-0.1, -0.05) is 13.0 Å². The van der Waals surface area contributed by atoms with Crippen LogP contribution in [0, 0.1) is 28.4 Å². The van der Waals surface area contributed by atoms with Crippen LogP contribution in [-0.2, 0) is 10.8 Å². The lowest BCUT2D eigenvalue weighted by Gasteiger charge is -2.35. The predicted molar refractivity (Wildman–Crippen MR) is 101 cm³/mol. The molecule has 2 unspecified atom stereocenters. The molecule has 4 nitrogen and oxygen atoms in total. The van der Waals surface area contributed by atoms with Crippen LogP contribution in [0.2, 0.25) is 0 Å². The third-order valence-electron chi connectivity index (χ3n) is 7.71. The number of nitrogens with zero attached hydrogens (tertiary/aromatic N) is 4. The third kappa shape index (κ3) is 1.71. The van der Waals surface area contributed by atoms with E-state index in [4.69, 9.17) is 0 Å². The maximum absolute atomic E-state index is 14.3. The molecule has 142 valence electrons. The summed E-state index contributed by atoms with van der Waals surface area (Å²) in [6.45, 7) is 2.24. The van der Waals surface area contributed by atoms with Crippen LogP contribution >= 0.6 is 0 Å². The molecule has 0 aliphatic heterocycles. The van der Waals surface area contributed by atoms with Gasteiger partial charge in [0.1, 0.15) is 11.6 Å². The normalized spacial score (nSPS) is 30.6. The van der Waals surface area contributed by atoms with Crippen LogP contribution in [-0.4, -0.2) is 15.2 Å². The Labute approximate surface area is 166 Å². The van der Waals surface area contributed by atoms with Crippen LogP contribution < -0.4 is 0 Å². The monoisotopic (exact) mass is 386 g/mol. The molecule has 0 radical (unpaired) electrons. The van der Waals surface area contributed by atoms with Crippen LogP contribution in [0.1, 0.15) is 48.7 Å². The summed E-state index contributed by atoms with van der Waals surface area (Å²) in [4.78, 5) is 4.63. The average molecular weight is 386 g/mol. The summed E-state index contributed by atoms with van der Waals surface area (Å²) in [6, 6.07) is 11.4. The van der Waals surface area contributed by atoms with E-state index in [1.54, 1.807) is 12.3 Å². The largest absolute Gasteiger partial charge is 0.260 e. The van der Waals surface area contributed by atoms with E-state index in [2.05, 4.69) is 28.2 Å². The summed E-state index contributed by atoms with van der Waals surface area (Å²) < 4.78 is 28.7. The fraction of sp³-hybridized carbons (Fsp3) is 0.304. The molecule has 0 saturated heterocycles. The van der Waals surface area contributed by atoms with Crippen LogP contribution in [0.15, 0.2) is 42.6 Å². The Kier molecular flexibility index (Phi) is 2.91. The number of nitriles is 1. The van der Waals surface area contributed by atoms with E-state index < -0.39 is 17.0 Å². The molecule has 6 rings (SSSR count). The summed E-state index contributed by atoms with van der Waals surface area (Å²) in [5.74, 6) is -1.28. The molecule has 29 heavy (non-hydrogen) atoms. The van der Waals surface area contributed by atoms with Crippen molar-refractivity contribution in [2.75, 3.05) is 0 Å². The maximum atomic E-state index is 14.3. The summed E-state index contributed by atoms with van der Waals surface area (Å²) >= 11 is 0. The predicted octanol–water partition coefficient (Wildman–Crippen LogP) is 4.43. The number of hydrogen-bond acceptors (Lipinski definition) is 4. The van der Waals surface area contributed by atoms with E-state index in [9.17, 15) is 14.0 Å². The molecule has 3 aromatic rings. The first-order valence-electron chi connectivity index (χ1n) is 9.67. The highest BCUT2D eigenvalue weighted by atomic mass is 19.1. The summed E-state index contributed by atoms with van der Waals surface area (Å²) in [6.07, 6.45) is 4.51. The van der Waals surface area contributed by atoms with Gasteiger partial charge in [0.05, 0.1) is 39.7 Å². The number of halogens is 2. The Bertz CT molecular complexity index is 1240. The van der Waals surface area contributed by atoms with Gasteiger partial charge in [0.15, 0.2) is 0 Å². The van der Waals surface area contributed by atoms with Crippen molar-refractivity contribution < 1.29 is 8.78 Å². The van der Waals surface area contributed by atoms with Gasteiger partial charge in [-0.15, -0.1) is 5.10 Å². The van der Waals surface area contributed by atoms with Crippen molar-refractivity contribution in [1.29, 1.82) is 5.26 Å². The lowest BCUT2D eigenvalue weighted by Crippen LogP contribution is -2.35. The Morgan fingerprint density at radius 1 is 1.07 bits per heavy atom. The number of benzene rings is 1. The lowest BCUT2D eigenvalue weighted by atomic mass is 9.69. The molecule has 1 aromatic carbocycles. The van der Waals surface area contributed by atoms with Gasteiger partial charge < -0.3 is 0 Å². The Morgan fingerprint density at radius 2 is 1.86 bits per heavy atom. The van der Waals surface area contributed by atoms with Crippen LogP contribution in [0.3, 0.4) is 0 Å². The molecule has 2 aromatic heterocycles. The van der Waals surface area contributed by atoms with E-state index in [-0.39, 0.29) is 22.1 Å². The van der Waals surface area contributed by atoms with Crippen LogP contribution in [0.5, 0.6) is 0 Å². The zero-order valence-electron chi connectivity index (χ0n) is 15.7. The van der Waals surface area contributed by atoms with E-state index in [1.165, 1.54) is 18.2 Å². The van der Waals surface area contributed by atoms with Gasteiger partial charge in [-0.25, -0.2) is 8.78 Å². The third-order valence-corrected chi connectivity index (χ3v) is 7.71. The van der Waals surface area contributed by atoms with Gasteiger partial charge in [0.2, 0.25) is 0 Å². The quantitative estimate of drug-likeness (QED) is 0.654. The minimum atomic E-state index is -0.642. The summed E-state index contributed by atoms with van der Waals surface area (Å²) in [7, 11) is 0. The molecule has 3 aliphatic rings. The second kappa shape index (κ2) is 5.04.